The lowest BCUT2D eigenvalue weighted by molar-refractivity contribution is -0.146. The minimum atomic E-state index is -4.42. The van der Waals surface area contributed by atoms with Crippen molar-refractivity contribution in [3.05, 3.63) is 63.5 Å². The van der Waals surface area contributed by atoms with E-state index >= 15 is 0 Å². The number of carbonyl (C=O) groups is 1. The quantitative estimate of drug-likeness (QED) is 0.102. The van der Waals surface area contributed by atoms with Gasteiger partial charge in [0.25, 0.3) is 0 Å². The van der Waals surface area contributed by atoms with E-state index in [1.165, 1.54) is 18.2 Å². The average molecular weight is 539 g/mol. The van der Waals surface area contributed by atoms with E-state index in [9.17, 15) is 24.4 Å². The van der Waals surface area contributed by atoms with Crippen molar-refractivity contribution in [3.8, 4) is 5.75 Å². The van der Waals surface area contributed by atoms with E-state index in [0.29, 0.717) is 0 Å². The van der Waals surface area contributed by atoms with Gasteiger partial charge >= 0.3 is 19.4 Å². The standard InChI is InChI=1S/C20H26N7O9P/c1-12(2)34-15(28)10-23-37(32,36-13-6-4-3-5-7-13)33-11-20(25-26-22)17(30)16(29)18(35-20)27-9-8-14(21)24-19(27)31/h3-9,12,16-18,29-30H,10-11H2,1-2H3,(H,23,32)(H2,21,24,31)/t16-,17+,18-,20?,37?/m1/s1. The first-order valence-electron chi connectivity index (χ1n) is 10.9. The van der Waals surface area contributed by atoms with Gasteiger partial charge in [-0.2, -0.15) is 4.98 Å². The zero-order valence-corrected chi connectivity index (χ0v) is 20.7. The van der Waals surface area contributed by atoms with Gasteiger partial charge in [0.15, 0.2) is 6.23 Å². The minimum absolute atomic E-state index is 0.0960. The second-order valence-corrected chi connectivity index (χ2v) is 9.82. The molecule has 0 saturated carbocycles. The zero-order chi connectivity index (χ0) is 27.2. The van der Waals surface area contributed by atoms with Crippen LogP contribution in [0.5, 0.6) is 5.75 Å². The van der Waals surface area contributed by atoms with E-state index in [2.05, 4.69) is 20.1 Å². The number of aliphatic hydroxyl groups excluding tert-OH is 2. The van der Waals surface area contributed by atoms with Gasteiger partial charge in [-0.25, -0.2) is 14.4 Å². The first-order valence-corrected chi connectivity index (χ1v) is 12.4. The Morgan fingerprint density at radius 2 is 2.08 bits per heavy atom. The fourth-order valence-electron chi connectivity index (χ4n) is 3.29. The highest BCUT2D eigenvalue weighted by atomic mass is 31.2. The second-order valence-electron chi connectivity index (χ2n) is 8.07. The molecule has 2 heterocycles. The van der Waals surface area contributed by atoms with Crippen LogP contribution in [0.3, 0.4) is 0 Å². The molecule has 0 spiro atoms. The van der Waals surface area contributed by atoms with Crippen LogP contribution in [-0.2, 0) is 23.4 Å². The third kappa shape index (κ3) is 6.84. The number of hydrogen-bond acceptors (Lipinski definition) is 12. The number of hydrogen-bond donors (Lipinski definition) is 4. The number of esters is 1. The van der Waals surface area contributed by atoms with Gasteiger partial charge < -0.3 is 29.9 Å². The van der Waals surface area contributed by atoms with E-state index in [4.69, 9.17) is 29.8 Å². The summed E-state index contributed by atoms with van der Waals surface area (Å²) in [4.78, 5) is 30.4. The molecule has 17 heteroatoms. The number of benzene rings is 1. The number of nitrogen functional groups attached to an aromatic ring is 1. The molecule has 2 aromatic rings. The van der Waals surface area contributed by atoms with Crippen LogP contribution >= 0.6 is 7.75 Å². The second kappa shape index (κ2) is 11.7. The first kappa shape index (κ1) is 28.1. The van der Waals surface area contributed by atoms with Crippen LogP contribution in [0.25, 0.3) is 10.4 Å². The van der Waals surface area contributed by atoms with Crippen molar-refractivity contribution >= 4 is 19.5 Å². The number of nitrogens with zero attached hydrogens (tertiary/aromatic N) is 5. The number of aliphatic hydroxyl groups is 2. The molecule has 5 N–H and O–H groups in total. The van der Waals surface area contributed by atoms with Gasteiger partial charge in [-0.05, 0) is 37.6 Å². The highest BCUT2D eigenvalue weighted by molar-refractivity contribution is 7.52. The van der Waals surface area contributed by atoms with Crippen molar-refractivity contribution in [2.75, 3.05) is 18.9 Å². The van der Waals surface area contributed by atoms with Crippen LogP contribution in [0.2, 0.25) is 0 Å². The number of nitrogens with two attached hydrogens (primary N) is 1. The van der Waals surface area contributed by atoms with Gasteiger partial charge in [0.2, 0.25) is 5.72 Å². The summed E-state index contributed by atoms with van der Waals surface area (Å²) < 4.78 is 35.8. The Morgan fingerprint density at radius 3 is 2.70 bits per heavy atom. The van der Waals surface area contributed by atoms with Crippen LogP contribution in [-0.4, -0.2) is 62.9 Å². The molecule has 0 radical (unpaired) electrons. The summed E-state index contributed by atoms with van der Waals surface area (Å²) >= 11 is 0. The smallest absolute Gasteiger partial charge is 0.459 e. The third-order valence-corrected chi connectivity index (χ3v) is 6.40. The molecule has 2 unspecified atom stereocenters. The van der Waals surface area contributed by atoms with Crippen molar-refractivity contribution in [2.24, 2.45) is 5.11 Å². The maximum atomic E-state index is 13.5. The Morgan fingerprint density at radius 1 is 1.38 bits per heavy atom. The number of nitrogens with one attached hydrogen (secondary N) is 1. The van der Waals surface area contributed by atoms with E-state index in [0.717, 1.165) is 10.8 Å². The molecule has 1 saturated heterocycles. The van der Waals surface area contributed by atoms with Gasteiger partial charge in [-0.3, -0.25) is 13.9 Å². The zero-order valence-electron chi connectivity index (χ0n) is 19.8. The van der Waals surface area contributed by atoms with Crippen molar-refractivity contribution in [2.45, 2.75) is 44.1 Å². The molecule has 1 fully saturated rings. The minimum Gasteiger partial charge on any atom is -0.462 e. The normalized spacial score (nSPS) is 24.7. The number of anilines is 1. The van der Waals surface area contributed by atoms with Crippen LogP contribution < -0.4 is 21.0 Å². The number of rotatable bonds is 11. The van der Waals surface area contributed by atoms with Gasteiger partial charge in [0.05, 0.1) is 12.7 Å². The molecule has 0 amide bonds. The van der Waals surface area contributed by atoms with Crippen molar-refractivity contribution in [3.63, 3.8) is 0 Å². The molecule has 5 atom stereocenters. The topological polar surface area (TPSA) is 233 Å². The van der Waals surface area contributed by atoms with Crippen LogP contribution in [0.1, 0.15) is 20.1 Å². The average Bonchev–Trinajstić information content (AvgIpc) is 3.08. The molecule has 1 aromatic carbocycles. The van der Waals surface area contributed by atoms with Gasteiger partial charge in [-0.15, -0.1) is 0 Å². The summed E-state index contributed by atoms with van der Waals surface area (Å²) in [7, 11) is -4.42. The Kier molecular flexibility index (Phi) is 8.89. The van der Waals surface area contributed by atoms with Gasteiger partial charge in [0.1, 0.15) is 30.3 Å². The fourth-order valence-corrected chi connectivity index (χ4v) is 4.57. The Bertz CT molecular complexity index is 1250. The molecule has 1 aliphatic rings. The Balaban J connectivity index is 1.87. The highest BCUT2D eigenvalue weighted by Crippen LogP contribution is 2.47. The maximum Gasteiger partial charge on any atom is 0.459 e. The molecular formula is C20H26N7O9P. The number of ether oxygens (including phenoxy) is 2. The molecular weight excluding hydrogens is 513 g/mol. The molecule has 0 bridgehead atoms. The van der Waals surface area contributed by atoms with Crippen molar-refractivity contribution in [1.82, 2.24) is 14.6 Å². The summed E-state index contributed by atoms with van der Waals surface area (Å²) in [6.07, 6.45) is -4.61. The summed E-state index contributed by atoms with van der Waals surface area (Å²) in [5, 5.41) is 27.1. The summed E-state index contributed by atoms with van der Waals surface area (Å²) in [6, 6.07) is 9.05. The number of para-hydroxylation sites is 1. The summed E-state index contributed by atoms with van der Waals surface area (Å²) in [5.41, 5.74) is 11.3. The molecule has 1 aromatic heterocycles. The molecule has 0 aliphatic carbocycles. The van der Waals surface area contributed by atoms with Gasteiger partial charge in [0, 0.05) is 11.1 Å². The lowest BCUT2D eigenvalue weighted by atomic mass is 10.1. The van der Waals surface area contributed by atoms with Crippen molar-refractivity contribution < 1.29 is 38.1 Å². The van der Waals surface area contributed by atoms with E-state index < -0.39 is 62.8 Å². The molecule has 3 rings (SSSR count). The number of carbonyl (C=O) groups excluding carboxylic acids is 1. The van der Waals surface area contributed by atoms with Gasteiger partial charge in [-0.1, -0.05) is 23.3 Å². The van der Waals surface area contributed by atoms with Crippen molar-refractivity contribution in [1.29, 1.82) is 0 Å². The van der Waals surface area contributed by atoms with Crippen LogP contribution in [0.15, 0.2) is 52.5 Å². The molecule has 16 nitrogen and oxygen atoms in total. The predicted octanol–water partition coefficient (Wildman–Crippen LogP) is 0.828. The summed E-state index contributed by atoms with van der Waals surface area (Å²) in [6.45, 7) is 1.73. The summed E-state index contributed by atoms with van der Waals surface area (Å²) in [5.74, 6) is -0.762. The third-order valence-electron chi connectivity index (χ3n) is 4.94. The first-order chi connectivity index (χ1) is 17.5. The lowest BCUT2D eigenvalue weighted by Gasteiger charge is -2.28. The number of aromatic nitrogens is 2. The molecule has 1 aliphatic heterocycles. The largest absolute Gasteiger partial charge is 0.462 e. The lowest BCUT2D eigenvalue weighted by Crippen LogP contribution is -2.45. The monoisotopic (exact) mass is 539 g/mol. The Hall–Kier alpha value is -3.49. The SMILES string of the molecule is CC(C)OC(=O)CNP(=O)(OCC1(N=[N+]=[N-])O[C@@H](n2ccc(N)nc2=O)[C@H](O)[C@@H]1O)Oc1ccccc1. The molecule has 37 heavy (non-hydrogen) atoms. The fraction of sp³-hybridized carbons (Fsp3) is 0.450. The molecule has 200 valence electrons. The van der Waals surface area contributed by atoms with Crippen LogP contribution in [0.4, 0.5) is 5.82 Å². The maximum absolute atomic E-state index is 13.5. The van der Waals surface area contributed by atoms with E-state index in [-0.39, 0.29) is 11.6 Å². The van der Waals surface area contributed by atoms with E-state index in [1.807, 2.05) is 0 Å². The highest BCUT2D eigenvalue weighted by Gasteiger charge is 2.56. The van der Waals surface area contributed by atoms with Crippen LogP contribution in [0, 0.1) is 0 Å². The van der Waals surface area contributed by atoms with E-state index in [1.54, 1.807) is 32.0 Å². The number of azide groups is 1. The predicted molar refractivity (Wildman–Crippen MR) is 127 cm³/mol. The Labute approximate surface area is 210 Å².